The fraction of sp³-hybridized carbons (Fsp3) is 0.435. The second-order valence-electron chi connectivity index (χ2n) is 16.9. The molecule has 2 aromatic carbocycles. The lowest BCUT2D eigenvalue weighted by molar-refractivity contribution is -0.133. The zero-order valence-electron chi connectivity index (χ0n) is 34.9. The highest BCUT2D eigenvalue weighted by atomic mass is 35.5. The third kappa shape index (κ3) is 8.52. The Morgan fingerprint density at radius 1 is 1.10 bits per heavy atom. The number of nitrogens with zero attached hydrogens (tertiary/aromatic N) is 6. The highest BCUT2D eigenvalue weighted by molar-refractivity contribution is 6.43. The van der Waals surface area contributed by atoms with Gasteiger partial charge < -0.3 is 24.4 Å². The molecule has 7 rings (SSSR count). The van der Waals surface area contributed by atoms with E-state index < -0.39 is 17.5 Å². The molecule has 4 heterocycles. The Hall–Kier alpha value is -5.25. The fourth-order valence-electron chi connectivity index (χ4n) is 8.36. The van der Waals surface area contributed by atoms with Gasteiger partial charge in [-0.25, -0.2) is 14.2 Å². The molecule has 1 aliphatic heterocycles. The van der Waals surface area contributed by atoms with Crippen LogP contribution in [0.25, 0.3) is 44.2 Å². The summed E-state index contributed by atoms with van der Waals surface area (Å²) in [6.07, 6.45) is 5.86. The molecule has 0 bridgehead atoms. The summed E-state index contributed by atoms with van der Waals surface area (Å²) < 4.78 is 25.6. The zero-order chi connectivity index (χ0) is 43.0. The maximum absolute atomic E-state index is 17.8. The monoisotopic (exact) mass is 853 g/mol. The van der Waals surface area contributed by atoms with Crippen LogP contribution < -0.4 is 5.32 Å². The molecule has 1 saturated heterocycles. The summed E-state index contributed by atoms with van der Waals surface area (Å²) in [5, 5.41) is 14.4. The van der Waals surface area contributed by atoms with Gasteiger partial charge in [-0.2, -0.15) is 5.26 Å². The maximum atomic E-state index is 17.8. The number of pyridine rings is 2. The lowest BCUT2D eigenvalue weighted by atomic mass is 9.92. The van der Waals surface area contributed by atoms with Crippen molar-refractivity contribution in [2.75, 3.05) is 27.2 Å². The van der Waals surface area contributed by atoms with Crippen molar-refractivity contribution in [3.63, 3.8) is 0 Å². The van der Waals surface area contributed by atoms with Crippen molar-refractivity contribution in [3.8, 4) is 28.5 Å². The molecular formula is C46H50Cl2FN7O4. The number of likely N-dealkylation sites (tertiary alicyclic amines) is 1. The Morgan fingerprint density at radius 3 is 2.52 bits per heavy atom. The minimum atomic E-state index is -0.672. The summed E-state index contributed by atoms with van der Waals surface area (Å²) in [7, 11) is 3.31. The number of halogens is 3. The van der Waals surface area contributed by atoms with Crippen molar-refractivity contribution >= 4 is 62.9 Å². The molecule has 1 N–H and O–H groups in total. The van der Waals surface area contributed by atoms with E-state index in [1.165, 1.54) is 4.90 Å². The number of alkyl carbamates (subject to hydrolysis) is 1. The van der Waals surface area contributed by atoms with E-state index in [1.807, 2.05) is 31.7 Å². The smallest absolute Gasteiger partial charge is 0.407 e. The van der Waals surface area contributed by atoms with Gasteiger partial charge in [0.15, 0.2) is 5.82 Å². The Labute approximate surface area is 359 Å². The number of aryl methyl sites for hydroxylation is 1. The molecule has 3 aromatic heterocycles. The minimum absolute atomic E-state index is 0.0180. The predicted molar refractivity (Wildman–Crippen MR) is 232 cm³/mol. The number of nitriles is 1. The average molecular weight is 855 g/mol. The van der Waals surface area contributed by atoms with E-state index in [1.54, 1.807) is 50.6 Å². The molecule has 2 atom stereocenters. The van der Waals surface area contributed by atoms with Crippen LogP contribution in [0.5, 0.6) is 0 Å². The summed E-state index contributed by atoms with van der Waals surface area (Å²) >= 11 is 13.3. The quantitative estimate of drug-likeness (QED) is 0.132. The second-order valence-corrected chi connectivity index (χ2v) is 17.7. The average Bonchev–Trinajstić information content (AvgIpc) is 3.82. The highest BCUT2D eigenvalue weighted by Gasteiger charge is 2.41. The number of amides is 3. The van der Waals surface area contributed by atoms with Crippen LogP contribution in [0.3, 0.4) is 0 Å². The molecule has 314 valence electrons. The second kappa shape index (κ2) is 17.4. The first-order valence-corrected chi connectivity index (χ1v) is 21.4. The molecule has 5 aromatic rings. The number of nitrogens with one attached hydrogen (secondary N) is 1. The molecule has 2 aliphatic rings. The number of ether oxygens (including phenoxy) is 1. The summed E-state index contributed by atoms with van der Waals surface area (Å²) in [5.74, 6) is -0.724. The van der Waals surface area contributed by atoms with Crippen molar-refractivity contribution < 1.29 is 23.5 Å². The van der Waals surface area contributed by atoms with Crippen molar-refractivity contribution in [2.24, 2.45) is 5.92 Å². The normalized spacial score (nSPS) is 15.9. The van der Waals surface area contributed by atoms with E-state index in [4.69, 9.17) is 32.9 Å². The molecule has 1 saturated carbocycles. The van der Waals surface area contributed by atoms with Crippen LogP contribution in [0.4, 0.5) is 9.18 Å². The Kier molecular flexibility index (Phi) is 12.4. The third-order valence-corrected chi connectivity index (χ3v) is 12.1. The minimum Gasteiger partial charge on any atom is -0.444 e. The van der Waals surface area contributed by atoms with E-state index >= 15 is 4.39 Å². The molecule has 11 nitrogen and oxygen atoms in total. The number of benzene rings is 2. The lowest BCUT2D eigenvalue weighted by Gasteiger charge is -2.30. The van der Waals surface area contributed by atoms with Crippen LogP contribution in [0.15, 0.2) is 48.7 Å². The van der Waals surface area contributed by atoms with Gasteiger partial charge in [-0.15, -0.1) is 0 Å². The summed E-state index contributed by atoms with van der Waals surface area (Å²) in [6.45, 7) is 8.43. The van der Waals surface area contributed by atoms with Gasteiger partial charge in [0.25, 0.3) is 5.91 Å². The van der Waals surface area contributed by atoms with Crippen LogP contribution >= 0.6 is 23.2 Å². The number of rotatable bonds is 12. The number of carbonyl (C=O) groups is 3. The van der Waals surface area contributed by atoms with Gasteiger partial charge in [0.05, 0.1) is 33.4 Å². The van der Waals surface area contributed by atoms with E-state index in [0.717, 1.165) is 36.8 Å². The number of carbonyl (C=O) groups excluding carboxylic acids is 3. The summed E-state index contributed by atoms with van der Waals surface area (Å²) in [5.41, 5.74) is 3.40. The standard InChI is InChI=1S/C46H50Cl2FN7O4/c1-7-29(19-21-51-45(59)60-46(2,3)4)56-36(35-14-10-22-55(35)43(57)26-15-16-26)24-32-40(28-17-18-34(52-25-28)44(58)54(5)6)53-41-31(42(32)56)23-27(11-9-20-50)37(39(41)49)30-12-8-13-33(47)38(30)48/h8,12-13,17-18,23-26,29,35H,7,9-11,14-16,19,21-22H2,1-6H3,(H,51,59). The van der Waals surface area contributed by atoms with Crippen LogP contribution in [0, 0.1) is 23.1 Å². The van der Waals surface area contributed by atoms with Gasteiger partial charge in [0, 0.05) is 84.9 Å². The number of fused-ring (bicyclic) bond motifs is 3. The largest absolute Gasteiger partial charge is 0.444 e. The van der Waals surface area contributed by atoms with Crippen molar-refractivity contribution in [2.45, 2.75) is 96.7 Å². The number of hydrogen-bond acceptors (Lipinski definition) is 7. The Balaban J connectivity index is 1.54. The summed E-state index contributed by atoms with van der Waals surface area (Å²) in [4.78, 5) is 52.7. The van der Waals surface area contributed by atoms with Crippen LogP contribution in [-0.4, -0.2) is 75.0 Å². The first kappa shape index (κ1) is 42.9. The highest BCUT2D eigenvalue weighted by Crippen LogP contribution is 2.47. The van der Waals surface area contributed by atoms with Crippen molar-refractivity contribution in [1.29, 1.82) is 5.26 Å². The molecule has 0 spiro atoms. The van der Waals surface area contributed by atoms with E-state index in [-0.39, 0.29) is 69.5 Å². The van der Waals surface area contributed by atoms with Gasteiger partial charge in [0.2, 0.25) is 5.91 Å². The predicted octanol–water partition coefficient (Wildman–Crippen LogP) is 10.5. The third-order valence-electron chi connectivity index (χ3n) is 11.3. The van der Waals surface area contributed by atoms with E-state index in [0.29, 0.717) is 59.2 Å². The van der Waals surface area contributed by atoms with E-state index in [2.05, 4.69) is 33.9 Å². The molecule has 60 heavy (non-hydrogen) atoms. The molecule has 2 unspecified atom stereocenters. The molecule has 3 amide bonds. The number of aromatic nitrogens is 3. The van der Waals surface area contributed by atoms with Gasteiger partial charge in [0.1, 0.15) is 16.8 Å². The first-order valence-electron chi connectivity index (χ1n) is 20.6. The topological polar surface area (TPSA) is 133 Å². The Bertz CT molecular complexity index is 2520. The van der Waals surface area contributed by atoms with Crippen LogP contribution in [-0.2, 0) is 16.0 Å². The lowest BCUT2D eigenvalue weighted by Crippen LogP contribution is -2.34. The number of hydrogen-bond donors (Lipinski definition) is 1. The van der Waals surface area contributed by atoms with Gasteiger partial charge in [-0.3, -0.25) is 14.6 Å². The van der Waals surface area contributed by atoms with Gasteiger partial charge in [-0.05, 0) is 102 Å². The van der Waals surface area contributed by atoms with Gasteiger partial charge in [-0.1, -0.05) is 42.3 Å². The molecule has 0 radical (unpaired) electrons. The van der Waals surface area contributed by atoms with Crippen molar-refractivity contribution in [3.05, 3.63) is 81.5 Å². The summed E-state index contributed by atoms with van der Waals surface area (Å²) in [6, 6.07) is 14.2. The van der Waals surface area contributed by atoms with E-state index in [9.17, 15) is 19.6 Å². The Morgan fingerprint density at radius 2 is 1.87 bits per heavy atom. The maximum Gasteiger partial charge on any atom is 0.407 e. The van der Waals surface area contributed by atoms with Crippen LogP contribution in [0.2, 0.25) is 10.0 Å². The zero-order valence-corrected chi connectivity index (χ0v) is 36.4. The van der Waals surface area contributed by atoms with Crippen LogP contribution in [0.1, 0.15) is 106 Å². The molecular weight excluding hydrogens is 804 g/mol. The molecule has 2 fully saturated rings. The SMILES string of the molecule is CCC(CCNC(=O)OC(C)(C)C)n1c(C2CCCN2C(=O)C2CC2)cc2c(-c3ccc(C(=O)N(C)C)nc3)nc3c(F)c(-c4cccc(Cl)c4Cl)c(CCC#N)cc3c21. The van der Waals surface area contributed by atoms with Crippen molar-refractivity contribution in [1.82, 2.24) is 29.7 Å². The fourth-order valence-corrected chi connectivity index (χ4v) is 8.76. The first-order chi connectivity index (χ1) is 28.6. The molecule has 1 aliphatic carbocycles. The van der Waals surface area contributed by atoms with Gasteiger partial charge >= 0.3 is 6.09 Å². The molecule has 14 heteroatoms.